The van der Waals surface area contributed by atoms with E-state index < -0.39 is 11.7 Å². The minimum atomic E-state index is -0.602. The number of halogens is 3. The number of amides is 1. The highest BCUT2D eigenvalue weighted by Crippen LogP contribution is 2.19. The van der Waals surface area contributed by atoms with Crippen LogP contribution < -0.4 is 10.1 Å². The predicted octanol–water partition coefficient (Wildman–Crippen LogP) is 4.03. The van der Waals surface area contributed by atoms with E-state index in [2.05, 4.69) is 5.32 Å². The lowest BCUT2D eigenvalue weighted by Crippen LogP contribution is -2.16. The van der Waals surface area contributed by atoms with Gasteiger partial charge in [-0.2, -0.15) is 0 Å². The molecule has 0 atom stereocenters. The van der Waals surface area contributed by atoms with Crippen molar-refractivity contribution in [3.8, 4) is 5.75 Å². The average molecular weight is 312 g/mol. The van der Waals surface area contributed by atoms with E-state index in [0.29, 0.717) is 5.75 Å². The van der Waals surface area contributed by atoms with Crippen LogP contribution in [-0.2, 0) is 4.79 Å². The third kappa shape index (κ3) is 4.72. The molecule has 0 aliphatic rings. The molecule has 1 amide bonds. The molecule has 3 nitrogen and oxygen atoms in total. The second kappa shape index (κ2) is 7.04. The summed E-state index contributed by atoms with van der Waals surface area (Å²) in [6, 6.07) is 9.44. The molecule has 21 heavy (non-hydrogen) atoms. The summed E-state index contributed by atoms with van der Waals surface area (Å²) in [5, 5.41) is 2.67. The molecule has 2 rings (SSSR count). The van der Waals surface area contributed by atoms with Gasteiger partial charge in [0.2, 0.25) is 5.91 Å². The number of carbonyl (C=O) groups is 1. The van der Waals surface area contributed by atoms with E-state index in [-0.39, 0.29) is 29.6 Å². The van der Waals surface area contributed by atoms with E-state index in [1.807, 2.05) is 0 Å². The first-order valence-electron chi connectivity index (χ1n) is 6.18. The van der Waals surface area contributed by atoms with Gasteiger partial charge in [-0.15, -0.1) is 0 Å². The van der Waals surface area contributed by atoms with Crippen molar-refractivity contribution in [2.45, 2.75) is 6.42 Å². The highest BCUT2D eigenvalue weighted by molar-refractivity contribution is 6.30. The first kappa shape index (κ1) is 15.3. The number of ether oxygens (including phenoxy) is 1. The second-order valence-corrected chi connectivity index (χ2v) is 4.66. The number of nitrogens with one attached hydrogen (secondary N) is 1. The Morgan fingerprint density at radius 3 is 2.52 bits per heavy atom. The summed E-state index contributed by atoms with van der Waals surface area (Å²) in [7, 11) is 0. The molecule has 110 valence electrons. The largest absolute Gasteiger partial charge is 0.493 e. The maximum absolute atomic E-state index is 13.5. The maximum Gasteiger partial charge on any atom is 0.227 e. The van der Waals surface area contributed by atoms with Gasteiger partial charge in [0, 0.05) is 5.02 Å². The predicted molar refractivity (Wildman–Crippen MR) is 76.6 cm³/mol. The Bertz CT molecular complexity index is 632. The van der Waals surface area contributed by atoms with Crippen LogP contribution in [0.25, 0.3) is 0 Å². The molecule has 0 aliphatic heterocycles. The van der Waals surface area contributed by atoms with Gasteiger partial charge in [0.05, 0.1) is 18.7 Å². The third-order valence-corrected chi connectivity index (χ3v) is 2.85. The number of hydrogen-bond acceptors (Lipinski definition) is 2. The molecule has 2 aromatic carbocycles. The van der Waals surface area contributed by atoms with Crippen LogP contribution in [0.2, 0.25) is 5.02 Å². The molecule has 2 aromatic rings. The molecular weight excluding hydrogens is 300 g/mol. The quantitative estimate of drug-likeness (QED) is 0.905. The van der Waals surface area contributed by atoms with Gasteiger partial charge in [-0.05, 0) is 42.5 Å². The van der Waals surface area contributed by atoms with Crippen molar-refractivity contribution in [2.24, 2.45) is 0 Å². The number of anilines is 1. The van der Waals surface area contributed by atoms with E-state index in [1.54, 1.807) is 0 Å². The lowest BCUT2D eigenvalue weighted by molar-refractivity contribution is -0.116. The van der Waals surface area contributed by atoms with Crippen LogP contribution in [0.15, 0.2) is 42.5 Å². The summed E-state index contributed by atoms with van der Waals surface area (Å²) < 4.78 is 31.4. The molecular formula is C15H12ClF2NO2. The lowest BCUT2D eigenvalue weighted by atomic mass is 10.3. The molecule has 0 fully saturated rings. The van der Waals surface area contributed by atoms with E-state index >= 15 is 0 Å². The van der Waals surface area contributed by atoms with E-state index in [4.69, 9.17) is 16.3 Å². The van der Waals surface area contributed by atoms with Crippen molar-refractivity contribution in [3.05, 3.63) is 59.1 Å². The van der Waals surface area contributed by atoms with E-state index in [9.17, 15) is 13.6 Å². The van der Waals surface area contributed by atoms with Gasteiger partial charge in [0.15, 0.2) is 0 Å². The third-order valence-electron chi connectivity index (χ3n) is 2.62. The summed E-state index contributed by atoms with van der Waals surface area (Å²) in [6.07, 6.45) is 0.0411. The summed E-state index contributed by atoms with van der Waals surface area (Å²) >= 11 is 5.62. The Kier molecular flexibility index (Phi) is 5.11. The average Bonchev–Trinajstić information content (AvgIpc) is 2.44. The normalized spacial score (nSPS) is 10.2. The van der Waals surface area contributed by atoms with Crippen LogP contribution in [-0.4, -0.2) is 12.5 Å². The standard InChI is InChI=1S/C15H12ClF2NO2/c16-10-1-6-14(13(18)9-10)19-15(20)7-8-21-12-4-2-11(17)3-5-12/h1-6,9H,7-8H2,(H,19,20). The Hall–Kier alpha value is -2.14. The molecule has 0 aromatic heterocycles. The smallest absolute Gasteiger partial charge is 0.227 e. The highest BCUT2D eigenvalue weighted by atomic mass is 35.5. The van der Waals surface area contributed by atoms with Gasteiger partial charge in [-0.25, -0.2) is 8.78 Å². The monoisotopic (exact) mass is 311 g/mol. The molecule has 0 spiro atoms. The van der Waals surface area contributed by atoms with Crippen molar-refractivity contribution in [1.82, 2.24) is 0 Å². The molecule has 6 heteroatoms. The summed E-state index contributed by atoms with van der Waals surface area (Å²) in [4.78, 5) is 11.6. The Labute approximate surface area is 125 Å². The van der Waals surface area contributed by atoms with E-state index in [1.165, 1.54) is 36.4 Å². The first-order valence-corrected chi connectivity index (χ1v) is 6.55. The fourth-order valence-corrected chi connectivity index (χ4v) is 1.75. The van der Waals surface area contributed by atoms with Crippen LogP contribution in [0.5, 0.6) is 5.75 Å². The topological polar surface area (TPSA) is 38.3 Å². The van der Waals surface area contributed by atoms with Gasteiger partial charge >= 0.3 is 0 Å². The highest BCUT2D eigenvalue weighted by Gasteiger charge is 2.07. The summed E-state index contributed by atoms with van der Waals surface area (Å²) in [6.45, 7) is 0.104. The molecule has 0 saturated carbocycles. The van der Waals surface area contributed by atoms with Crippen LogP contribution in [0.1, 0.15) is 6.42 Å². The van der Waals surface area contributed by atoms with Crippen molar-refractivity contribution in [1.29, 1.82) is 0 Å². The second-order valence-electron chi connectivity index (χ2n) is 4.22. The van der Waals surface area contributed by atoms with Gasteiger partial charge in [0.25, 0.3) is 0 Å². The van der Waals surface area contributed by atoms with Crippen LogP contribution in [0.3, 0.4) is 0 Å². The number of rotatable bonds is 5. The number of hydrogen-bond donors (Lipinski definition) is 1. The van der Waals surface area contributed by atoms with E-state index in [0.717, 1.165) is 6.07 Å². The minimum absolute atomic E-state index is 0.0411. The van der Waals surface area contributed by atoms with Gasteiger partial charge < -0.3 is 10.1 Å². The summed E-state index contributed by atoms with van der Waals surface area (Å²) in [5.41, 5.74) is 0.0613. The molecule has 0 heterocycles. The zero-order valence-corrected chi connectivity index (χ0v) is 11.7. The molecule has 0 saturated heterocycles. The van der Waals surface area contributed by atoms with Crippen LogP contribution >= 0.6 is 11.6 Å². The SMILES string of the molecule is O=C(CCOc1ccc(F)cc1)Nc1ccc(Cl)cc1F. The molecule has 1 N–H and O–H groups in total. The van der Waals surface area contributed by atoms with Crippen LogP contribution in [0.4, 0.5) is 14.5 Å². The molecule has 0 unspecified atom stereocenters. The maximum atomic E-state index is 13.5. The first-order chi connectivity index (χ1) is 10.0. The van der Waals surface area contributed by atoms with Crippen molar-refractivity contribution in [2.75, 3.05) is 11.9 Å². The number of carbonyl (C=O) groups excluding carboxylic acids is 1. The molecule has 0 aliphatic carbocycles. The van der Waals surface area contributed by atoms with Crippen molar-refractivity contribution in [3.63, 3.8) is 0 Å². The van der Waals surface area contributed by atoms with Crippen molar-refractivity contribution >= 4 is 23.2 Å². The van der Waals surface area contributed by atoms with Gasteiger partial charge in [-0.3, -0.25) is 4.79 Å². The molecule has 0 bridgehead atoms. The zero-order valence-electron chi connectivity index (χ0n) is 10.9. The molecule has 0 radical (unpaired) electrons. The summed E-state index contributed by atoms with van der Waals surface area (Å²) in [5.74, 6) is -0.895. The Morgan fingerprint density at radius 1 is 1.14 bits per heavy atom. The van der Waals surface area contributed by atoms with Gasteiger partial charge in [-0.1, -0.05) is 11.6 Å². The van der Waals surface area contributed by atoms with Crippen LogP contribution in [0, 0.1) is 11.6 Å². The van der Waals surface area contributed by atoms with Gasteiger partial charge in [0.1, 0.15) is 17.4 Å². The fraction of sp³-hybridized carbons (Fsp3) is 0.133. The minimum Gasteiger partial charge on any atom is -0.493 e. The fourth-order valence-electron chi connectivity index (χ4n) is 1.60. The Morgan fingerprint density at radius 2 is 1.86 bits per heavy atom. The Balaban J connectivity index is 1.81. The zero-order chi connectivity index (χ0) is 15.2. The van der Waals surface area contributed by atoms with Crippen molar-refractivity contribution < 1.29 is 18.3 Å². The number of benzene rings is 2. The lowest BCUT2D eigenvalue weighted by Gasteiger charge is -2.08.